The first-order valence-electron chi connectivity index (χ1n) is 15.6. The standard InChI is InChI=1S/C44H32/c1-44(2,3)43-38-16-7-6-15-35(38)42(34-17-9-11-27-10-4-5-14-32(27)34)37-25-22-31(26-39(37)43)33-23-20-30-19-18-28-12-8-13-29-21-24-36(33)41(30)40(28)29/h4-26H,1-3H3. The molecule has 0 nitrogen and oxygen atoms in total. The van der Waals surface area contributed by atoms with E-state index >= 15 is 0 Å². The maximum atomic E-state index is 2.48. The van der Waals surface area contributed by atoms with Crippen LogP contribution in [0.15, 0.2) is 140 Å². The van der Waals surface area contributed by atoms with Crippen LogP contribution in [0.1, 0.15) is 26.3 Å². The summed E-state index contributed by atoms with van der Waals surface area (Å²) < 4.78 is 0. The summed E-state index contributed by atoms with van der Waals surface area (Å²) in [5.41, 5.74) is 6.53. The number of hydrogen-bond donors (Lipinski definition) is 0. The molecule has 0 amide bonds. The molecule has 0 radical (unpaired) electrons. The van der Waals surface area contributed by atoms with Gasteiger partial charge in [0.1, 0.15) is 0 Å². The molecule has 0 unspecified atom stereocenters. The summed E-state index contributed by atoms with van der Waals surface area (Å²) in [7, 11) is 0. The van der Waals surface area contributed by atoms with E-state index in [2.05, 4.69) is 160 Å². The van der Waals surface area contributed by atoms with E-state index < -0.39 is 0 Å². The van der Waals surface area contributed by atoms with E-state index in [1.165, 1.54) is 92.5 Å². The van der Waals surface area contributed by atoms with Gasteiger partial charge in [-0.3, -0.25) is 0 Å². The molecular weight excluding hydrogens is 528 g/mol. The zero-order valence-electron chi connectivity index (χ0n) is 25.3. The highest BCUT2D eigenvalue weighted by Crippen LogP contribution is 2.47. The smallest absolute Gasteiger partial charge is 0.00204 e. The second-order valence-electron chi connectivity index (χ2n) is 13.3. The van der Waals surface area contributed by atoms with E-state index in [9.17, 15) is 0 Å². The molecule has 0 aliphatic heterocycles. The van der Waals surface area contributed by atoms with Crippen LogP contribution >= 0.6 is 0 Å². The molecular formula is C44H32. The van der Waals surface area contributed by atoms with Gasteiger partial charge in [-0.1, -0.05) is 154 Å². The van der Waals surface area contributed by atoms with Crippen molar-refractivity contribution in [2.24, 2.45) is 0 Å². The average Bonchev–Trinajstić information content (AvgIpc) is 3.05. The summed E-state index contributed by atoms with van der Waals surface area (Å²) in [5, 5.41) is 15.8. The monoisotopic (exact) mass is 560 g/mol. The Hall–Kier alpha value is -5.20. The summed E-state index contributed by atoms with van der Waals surface area (Å²) in [5.74, 6) is 0. The highest BCUT2D eigenvalue weighted by Gasteiger charge is 2.24. The Kier molecular flexibility index (Phi) is 5.26. The lowest BCUT2D eigenvalue weighted by molar-refractivity contribution is 0.601. The van der Waals surface area contributed by atoms with Gasteiger partial charge in [0, 0.05) is 0 Å². The summed E-state index contributed by atoms with van der Waals surface area (Å²) >= 11 is 0. The topological polar surface area (TPSA) is 0 Å². The van der Waals surface area contributed by atoms with Crippen molar-refractivity contribution in [3.05, 3.63) is 145 Å². The molecule has 0 saturated heterocycles. The van der Waals surface area contributed by atoms with Crippen molar-refractivity contribution in [3.63, 3.8) is 0 Å². The third-order valence-corrected chi connectivity index (χ3v) is 9.67. The van der Waals surface area contributed by atoms with Gasteiger partial charge in [0.25, 0.3) is 0 Å². The Bertz CT molecular complexity index is 2550. The minimum absolute atomic E-state index is 0.0452. The molecule has 44 heavy (non-hydrogen) atoms. The Balaban J connectivity index is 1.42. The molecule has 0 spiro atoms. The van der Waals surface area contributed by atoms with Gasteiger partial charge in [0.05, 0.1) is 0 Å². The van der Waals surface area contributed by atoms with Crippen LogP contribution in [0.5, 0.6) is 0 Å². The molecule has 0 heterocycles. The van der Waals surface area contributed by atoms with E-state index in [-0.39, 0.29) is 5.41 Å². The van der Waals surface area contributed by atoms with E-state index in [4.69, 9.17) is 0 Å². The van der Waals surface area contributed by atoms with Gasteiger partial charge in [-0.05, 0) is 104 Å². The maximum Gasteiger partial charge on any atom is -0.00204 e. The largest absolute Gasteiger partial charge is 0.0616 e. The van der Waals surface area contributed by atoms with Crippen LogP contribution in [-0.4, -0.2) is 0 Å². The minimum atomic E-state index is -0.0452. The fraction of sp³-hybridized carbons (Fsp3) is 0.0909. The highest BCUT2D eigenvalue weighted by molar-refractivity contribution is 6.26. The highest BCUT2D eigenvalue weighted by atomic mass is 14.3. The molecule has 0 aliphatic rings. The summed E-state index contributed by atoms with van der Waals surface area (Å²) in [4.78, 5) is 0. The van der Waals surface area contributed by atoms with Crippen molar-refractivity contribution in [1.29, 1.82) is 0 Å². The quantitative estimate of drug-likeness (QED) is 0.146. The Morgan fingerprint density at radius 2 is 0.932 bits per heavy atom. The first kappa shape index (κ1) is 25.3. The summed E-state index contributed by atoms with van der Waals surface area (Å²) in [6.45, 7) is 7.07. The third kappa shape index (κ3) is 3.58. The number of rotatable bonds is 2. The summed E-state index contributed by atoms with van der Waals surface area (Å²) in [6, 6.07) is 52.2. The van der Waals surface area contributed by atoms with Crippen LogP contribution in [0, 0.1) is 0 Å². The van der Waals surface area contributed by atoms with Gasteiger partial charge in [-0.15, -0.1) is 0 Å². The predicted octanol–water partition coefficient (Wildman–Crippen LogP) is 12.7. The van der Waals surface area contributed by atoms with Crippen molar-refractivity contribution in [1.82, 2.24) is 0 Å². The van der Waals surface area contributed by atoms with Crippen molar-refractivity contribution in [2.75, 3.05) is 0 Å². The van der Waals surface area contributed by atoms with E-state index in [0.29, 0.717) is 0 Å². The molecule has 9 aromatic carbocycles. The molecule has 0 saturated carbocycles. The fourth-order valence-corrected chi connectivity index (χ4v) is 7.87. The second-order valence-corrected chi connectivity index (χ2v) is 13.3. The second kappa shape index (κ2) is 9.15. The van der Waals surface area contributed by atoms with Crippen LogP contribution < -0.4 is 0 Å². The third-order valence-electron chi connectivity index (χ3n) is 9.67. The van der Waals surface area contributed by atoms with Gasteiger partial charge in [-0.2, -0.15) is 0 Å². The molecule has 9 aromatic rings. The molecule has 0 aliphatic carbocycles. The fourth-order valence-electron chi connectivity index (χ4n) is 7.87. The van der Waals surface area contributed by atoms with E-state index in [0.717, 1.165) is 0 Å². The molecule has 0 N–H and O–H groups in total. The van der Waals surface area contributed by atoms with Crippen LogP contribution in [0.25, 0.3) is 86.9 Å². The zero-order valence-corrected chi connectivity index (χ0v) is 25.3. The molecule has 0 heteroatoms. The van der Waals surface area contributed by atoms with Crippen LogP contribution in [-0.2, 0) is 5.41 Å². The van der Waals surface area contributed by atoms with Crippen LogP contribution in [0.4, 0.5) is 0 Å². The number of hydrogen-bond acceptors (Lipinski definition) is 0. The molecule has 9 rings (SSSR count). The Labute approximate surface area is 257 Å². The molecule has 0 bridgehead atoms. The lowest BCUT2D eigenvalue weighted by Gasteiger charge is -2.27. The minimum Gasteiger partial charge on any atom is -0.0616 e. The van der Waals surface area contributed by atoms with Crippen molar-refractivity contribution >= 4 is 64.6 Å². The maximum absolute atomic E-state index is 2.48. The van der Waals surface area contributed by atoms with Crippen LogP contribution in [0.3, 0.4) is 0 Å². The SMILES string of the molecule is CC(C)(C)c1c2ccccc2c(-c2cccc3ccccc23)c2ccc(-c3ccc4ccc5cccc6ccc3c4c56)cc12. The first-order chi connectivity index (χ1) is 21.5. The lowest BCUT2D eigenvalue weighted by Crippen LogP contribution is -2.13. The average molecular weight is 561 g/mol. The molecule has 208 valence electrons. The number of fused-ring (bicyclic) bond motifs is 3. The van der Waals surface area contributed by atoms with Gasteiger partial charge in [0.15, 0.2) is 0 Å². The van der Waals surface area contributed by atoms with E-state index in [1.54, 1.807) is 0 Å². The van der Waals surface area contributed by atoms with Gasteiger partial charge in [-0.25, -0.2) is 0 Å². The van der Waals surface area contributed by atoms with Gasteiger partial charge in [0.2, 0.25) is 0 Å². The van der Waals surface area contributed by atoms with Crippen molar-refractivity contribution < 1.29 is 0 Å². The van der Waals surface area contributed by atoms with Crippen LogP contribution in [0.2, 0.25) is 0 Å². The zero-order chi connectivity index (χ0) is 29.6. The summed E-state index contributed by atoms with van der Waals surface area (Å²) in [6.07, 6.45) is 0. The Morgan fingerprint density at radius 1 is 0.364 bits per heavy atom. The molecule has 0 fully saturated rings. The van der Waals surface area contributed by atoms with E-state index in [1.807, 2.05) is 0 Å². The first-order valence-corrected chi connectivity index (χ1v) is 15.6. The van der Waals surface area contributed by atoms with Gasteiger partial charge < -0.3 is 0 Å². The normalized spacial score (nSPS) is 12.4. The predicted molar refractivity (Wildman–Crippen MR) is 192 cm³/mol. The Morgan fingerprint density at radius 3 is 1.73 bits per heavy atom. The number of benzene rings is 9. The lowest BCUT2D eigenvalue weighted by atomic mass is 9.77. The van der Waals surface area contributed by atoms with Crippen molar-refractivity contribution in [3.8, 4) is 22.3 Å². The molecule has 0 aromatic heterocycles. The molecule has 0 atom stereocenters. The van der Waals surface area contributed by atoms with Crippen molar-refractivity contribution in [2.45, 2.75) is 26.2 Å². The van der Waals surface area contributed by atoms with Gasteiger partial charge >= 0.3 is 0 Å².